The van der Waals surface area contributed by atoms with Crippen LogP contribution in [0.15, 0.2) is 168 Å². The van der Waals surface area contributed by atoms with Crippen LogP contribution in [-0.2, 0) is 7.05 Å². The Balaban J connectivity index is 1.51. The number of rotatable bonds is 6. The summed E-state index contributed by atoms with van der Waals surface area (Å²) in [6, 6.07) is 58.2. The molecule has 192 valence electrons. The largest absolute Gasteiger partial charge is 0.344 e. The van der Waals surface area contributed by atoms with Crippen LogP contribution in [-0.4, -0.2) is 12.6 Å². The van der Waals surface area contributed by atoms with E-state index in [2.05, 4.69) is 169 Å². The Morgan fingerprint density at radius 3 is 1.40 bits per heavy atom. The van der Waals surface area contributed by atoms with Crippen molar-refractivity contribution >= 4 is 62.4 Å². The van der Waals surface area contributed by atoms with Crippen LogP contribution < -0.4 is 20.7 Å². The molecule has 0 saturated heterocycles. The minimum absolute atomic E-state index is 1.26. The Kier molecular flexibility index (Phi) is 6.39. The Morgan fingerprint density at radius 2 is 0.875 bits per heavy atom. The highest BCUT2D eigenvalue weighted by molar-refractivity contribution is 7.99. The lowest BCUT2D eigenvalue weighted by Crippen LogP contribution is -2.74. The van der Waals surface area contributed by atoms with Crippen molar-refractivity contribution in [1.82, 2.24) is 4.57 Å². The van der Waals surface area contributed by atoms with Gasteiger partial charge in [-0.25, -0.2) is 0 Å². The molecule has 0 bridgehead atoms. The van der Waals surface area contributed by atoms with Gasteiger partial charge in [0.15, 0.2) is 8.07 Å². The Hall–Kier alpha value is -4.31. The first-order valence-corrected chi connectivity index (χ1v) is 16.5. The van der Waals surface area contributed by atoms with Crippen molar-refractivity contribution in [1.29, 1.82) is 0 Å². The molecule has 0 spiro atoms. The maximum absolute atomic E-state index is 2.58. The van der Waals surface area contributed by atoms with Crippen LogP contribution in [0.2, 0.25) is 0 Å². The first kappa shape index (κ1) is 24.7. The zero-order chi connectivity index (χ0) is 26.9. The van der Waals surface area contributed by atoms with Gasteiger partial charge >= 0.3 is 0 Å². The van der Waals surface area contributed by atoms with Crippen LogP contribution >= 0.6 is 11.8 Å². The molecule has 0 N–H and O–H groups in total. The van der Waals surface area contributed by atoms with Crippen molar-refractivity contribution in [3.8, 4) is 0 Å². The van der Waals surface area contributed by atoms with Gasteiger partial charge < -0.3 is 4.57 Å². The van der Waals surface area contributed by atoms with Gasteiger partial charge in [-0.2, -0.15) is 0 Å². The Morgan fingerprint density at radius 1 is 0.425 bits per heavy atom. The number of hydrogen-bond donors (Lipinski definition) is 0. The smallest absolute Gasteiger partial charge is 0.179 e. The monoisotopic (exact) mass is 547 g/mol. The molecule has 0 aliphatic rings. The molecule has 0 unspecified atom stereocenters. The molecule has 0 fully saturated rings. The SMILES string of the molecule is Cn1c2ccc(Sc3ccccc3)cc2c2cc([Si](c3ccccc3)(c3ccccc3)c3ccccc3)ccc21. The van der Waals surface area contributed by atoms with Gasteiger partial charge in [-0.1, -0.05) is 133 Å². The van der Waals surface area contributed by atoms with Gasteiger partial charge in [-0.15, -0.1) is 0 Å². The Bertz CT molecular complexity index is 1820. The molecule has 1 heterocycles. The Labute approximate surface area is 240 Å². The first-order chi connectivity index (χ1) is 19.7. The predicted octanol–water partition coefficient (Wildman–Crippen LogP) is 6.86. The highest BCUT2D eigenvalue weighted by atomic mass is 32.2. The van der Waals surface area contributed by atoms with Crippen molar-refractivity contribution in [2.45, 2.75) is 9.79 Å². The molecule has 0 aliphatic heterocycles. The molecular weight excluding hydrogens is 519 g/mol. The summed E-state index contributed by atoms with van der Waals surface area (Å²) >= 11 is 1.82. The molecule has 0 saturated carbocycles. The van der Waals surface area contributed by atoms with E-state index < -0.39 is 8.07 Å². The number of aryl methyl sites for hydroxylation is 1. The zero-order valence-corrected chi connectivity index (χ0v) is 24.2. The fourth-order valence-electron chi connectivity index (χ4n) is 6.18. The molecule has 0 amide bonds. The lowest BCUT2D eigenvalue weighted by Gasteiger charge is -2.34. The molecule has 3 heteroatoms. The summed E-state index contributed by atoms with van der Waals surface area (Å²) in [6.45, 7) is 0. The van der Waals surface area contributed by atoms with Gasteiger partial charge in [-0.3, -0.25) is 0 Å². The third-order valence-corrected chi connectivity index (χ3v) is 13.8. The maximum Gasteiger partial charge on any atom is 0.179 e. The minimum Gasteiger partial charge on any atom is -0.344 e. The fourth-order valence-corrected chi connectivity index (χ4v) is 11.8. The van der Waals surface area contributed by atoms with Crippen molar-refractivity contribution in [3.63, 3.8) is 0 Å². The van der Waals surface area contributed by atoms with Crippen molar-refractivity contribution in [2.24, 2.45) is 7.05 Å². The van der Waals surface area contributed by atoms with Crippen molar-refractivity contribution < 1.29 is 0 Å². The van der Waals surface area contributed by atoms with Gasteiger partial charge in [0.05, 0.1) is 0 Å². The normalized spacial score (nSPS) is 11.7. The summed E-state index contributed by atoms with van der Waals surface area (Å²) in [4.78, 5) is 2.51. The highest BCUT2D eigenvalue weighted by Gasteiger charge is 2.41. The summed E-state index contributed by atoms with van der Waals surface area (Å²) in [6.07, 6.45) is 0. The van der Waals surface area contributed by atoms with Crippen LogP contribution in [0.1, 0.15) is 0 Å². The molecule has 40 heavy (non-hydrogen) atoms. The van der Waals surface area contributed by atoms with Crippen molar-refractivity contribution in [2.75, 3.05) is 0 Å². The van der Waals surface area contributed by atoms with Crippen LogP contribution in [0.3, 0.4) is 0 Å². The lowest BCUT2D eigenvalue weighted by atomic mass is 10.1. The van der Waals surface area contributed by atoms with E-state index in [4.69, 9.17) is 0 Å². The van der Waals surface area contributed by atoms with Gasteiger partial charge in [0.2, 0.25) is 0 Å². The van der Waals surface area contributed by atoms with E-state index >= 15 is 0 Å². The number of benzene rings is 6. The van der Waals surface area contributed by atoms with E-state index in [9.17, 15) is 0 Å². The predicted molar refractivity (Wildman–Crippen MR) is 175 cm³/mol. The summed E-state index contributed by atoms with van der Waals surface area (Å²) in [5, 5.41) is 8.20. The number of aromatic nitrogens is 1. The van der Waals surface area contributed by atoms with Gasteiger partial charge in [-0.05, 0) is 57.1 Å². The van der Waals surface area contributed by atoms with Gasteiger partial charge in [0.25, 0.3) is 0 Å². The number of nitrogens with zero attached hydrogens (tertiary/aromatic N) is 1. The average Bonchev–Trinajstić information content (AvgIpc) is 3.30. The second-order valence-corrected chi connectivity index (χ2v) is 15.2. The third-order valence-electron chi connectivity index (χ3n) is 8.01. The van der Waals surface area contributed by atoms with Crippen LogP contribution in [0, 0.1) is 0 Å². The van der Waals surface area contributed by atoms with E-state index in [0.29, 0.717) is 0 Å². The number of fused-ring (bicyclic) bond motifs is 3. The standard InChI is InChI=1S/C37H29NSSi/c1-38-36-24-22-29(39-28-14-6-2-7-15-28)26-34(36)35-27-33(23-25-37(35)38)40(30-16-8-3-9-17-30,31-18-10-4-11-19-31)32-20-12-5-13-21-32/h2-27H,1H3. The van der Waals surface area contributed by atoms with E-state index in [1.54, 1.807) is 0 Å². The molecule has 0 aliphatic carbocycles. The topological polar surface area (TPSA) is 4.93 Å². The highest BCUT2D eigenvalue weighted by Crippen LogP contribution is 2.34. The maximum atomic E-state index is 2.49. The zero-order valence-electron chi connectivity index (χ0n) is 22.4. The molecule has 1 nitrogen and oxygen atoms in total. The van der Waals surface area contributed by atoms with E-state index in [-0.39, 0.29) is 0 Å². The van der Waals surface area contributed by atoms with E-state index in [1.165, 1.54) is 52.3 Å². The summed E-state index contributed by atoms with van der Waals surface area (Å²) in [5.74, 6) is 0. The van der Waals surface area contributed by atoms with Crippen LogP contribution in [0.25, 0.3) is 21.8 Å². The second-order valence-electron chi connectivity index (χ2n) is 10.2. The molecular formula is C37H29NSSi. The molecule has 7 rings (SSSR count). The number of hydrogen-bond acceptors (Lipinski definition) is 1. The molecule has 6 aromatic carbocycles. The summed E-state index contributed by atoms with van der Waals surface area (Å²) in [5.41, 5.74) is 2.52. The van der Waals surface area contributed by atoms with Crippen LogP contribution in [0.4, 0.5) is 0 Å². The van der Waals surface area contributed by atoms with Gasteiger partial charge in [0.1, 0.15) is 0 Å². The first-order valence-electron chi connectivity index (χ1n) is 13.7. The molecule has 0 atom stereocenters. The average molecular weight is 548 g/mol. The summed E-state index contributed by atoms with van der Waals surface area (Å²) in [7, 11) is -0.399. The fraction of sp³-hybridized carbons (Fsp3) is 0.0270. The molecule has 1 aromatic heterocycles. The quantitative estimate of drug-likeness (QED) is 0.163. The van der Waals surface area contributed by atoms with Crippen LogP contribution in [0.5, 0.6) is 0 Å². The van der Waals surface area contributed by atoms with E-state index in [0.717, 1.165) is 0 Å². The second kappa shape index (κ2) is 10.3. The third kappa shape index (κ3) is 4.10. The molecule has 7 aromatic rings. The summed E-state index contributed by atoms with van der Waals surface area (Å²) < 4.78 is 2.34. The van der Waals surface area contributed by atoms with Crippen molar-refractivity contribution in [3.05, 3.63) is 158 Å². The molecule has 0 radical (unpaired) electrons. The van der Waals surface area contributed by atoms with E-state index in [1.807, 2.05) is 11.8 Å². The van der Waals surface area contributed by atoms with Gasteiger partial charge in [0, 0.05) is 38.6 Å². The minimum atomic E-state index is -2.58. The lowest BCUT2D eigenvalue weighted by molar-refractivity contribution is 1.01.